The van der Waals surface area contributed by atoms with Crippen molar-refractivity contribution in [3.05, 3.63) is 152 Å². The van der Waals surface area contributed by atoms with Crippen LogP contribution in [0.3, 0.4) is 0 Å². The van der Waals surface area contributed by atoms with E-state index < -0.39 is 0 Å². The Kier molecular flexibility index (Phi) is 6.00. The van der Waals surface area contributed by atoms with Gasteiger partial charge in [0.1, 0.15) is 0 Å². The highest BCUT2D eigenvalue weighted by Gasteiger charge is 2.15. The monoisotopic (exact) mass is 591 g/mol. The van der Waals surface area contributed by atoms with Gasteiger partial charge in [0.25, 0.3) is 0 Å². The van der Waals surface area contributed by atoms with Crippen molar-refractivity contribution in [2.45, 2.75) is 0 Å². The first-order valence-electron chi connectivity index (χ1n) is 15.0. The largest absolute Gasteiger partial charge is 0.208 e. The molecule has 0 radical (unpaired) electrons. The molecule has 9 aromatic rings. The van der Waals surface area contributed by atoms with E-state index in [1.54, 1.807) is 0 Å². The highest BCUT2D eigenvalue weighted by atomic mass is 32.1. The molecule has 0 amide bonds. The van der Waals surface area contributed by atoms with Crippen molar-refractivity contribution in [3.8, 4) is 45.3 Å². The molecule has 7 aromatic carbocycles. The Labute approximate surface area is 264 Å². The maximum Gasteiger partial charge on any atom is 0.164 e. The van der Waals surface area contributed by atoms with Crippen LogP contribution >= 0.6 is 11.3 Å². The molecule has 0 bridgehead atoms. The average molecular weight is 592 g/mol. The molecule has 210 valence electrons. The zero-order valence-corrected chi connectivity index (χ0v) is 25.0. The highest BCUT2D eigenvalue weighted by Crippen LogP contribution is 2.43. The summed E-state index contributed by atoms with van der Waals surface area (Å²) in [6, 6.07) is 53.3. The summed E-state index contributed by atoms with van der Waals surface area (Å²) in [7, 11) is 0. The van der Waals surface area contributed by atoms with Crippen molar-refractivity contribution in [1.29, 1.82) is 0 Å². The smallest absolute Gasteiger partial charge is 0.164 e. The summed E-state index contributed by atoms with van der Waals surface area (Å²) >= 11 is 1.87. The molecule has 0 aliphatic rings. The molecule has 0 atom stereocenters. The summed E-state index contributed by atoms with van der Waals surface area (Å²) in [5, 5.41) is 7.58. The normalized spacial score (nSPS) is 11.6. The Morgan fingerprint density at radius 3 is 1.62 bits per heavy atom. The molecule has 9 rings (SSSR count). The van der Waals surface area contributed by atoms with E-state index in [1.807, 2.05) is 72.0 Å². The van der Waals surface area contributed by atoms with Crippen molar-refractivity contribution in [1.82, 2.24) is 15.0 Å². The maximum absolute atomic E-state index is 4.93. The third kappa shape index (κ3) is 4.46. The highest BCUT2D eigenvalue weighted by molar-refractivity contribution is 7.26. The second-order valence-corrected chi connectivity index (χ2v) is 12.3. The Balaban J connectivity index is 1.18. The second-order valence-electron chi connectivity index (χ2n) is 11.3. The molecule has 4 heteroatoms. The summed E-state index contributed by atoms with van der Waals surface area (Å²) in [6.07, 6.45) is 0. The van der Waals surface area contributed by atoms with Crippen LogP contribution < -0.4 is 0 Å². The zero-order chi connectivity index (χ0) is 29.7. The fraction of sp³-hybridized carbons (Fsp3) is 0. The molecule has 2 heterocycles. The van der Waals surface area contributed by atoms with Crippen molar-refractivity contribution in [2.75, 3.05) is 0 Å². The van der Waals surface area contributed by atoms with Crippen LogP contribution in [-0.2, 0) is 0 Å². The molecule has 0 aliphatic carbocycles. The molecule has 0 aliphatic heterocycles. The van der Waals surface area contributed by atoms with Gasteiger partial charge >= 0.3 is 0 Å². The first-order chi connectivity index (χ1) is 22.3. The van der Waals surface area contributed by atoms with Gasteiger partial charge in [-0.15, -0.1) is 11.3 Å². The van der Waals surface area contributed by atoms with Gasteiger partial charge in [0.05, 0.1) is 0 Å². The number of hydrogen-bond acceptors (Lipinski definition) is 4. The topological polar surface area (TPSA) is 38.7 Å². The van der Waals surface area contributed by atoms with Crippen molar-refractivity contribution in [2.24, 2.45) is 0 Å². The van der Waals surface area contributed by atoms with Crippen LogP contribution in [0, 0.1) is 0 Å². The lowest BCUT2D eigenvalue weighted by Crippen LogP contribution is -2.00. The van der Waals surface area contributed by atoms with Crippen LogP contribution in [0.5, 0.6) is 0 Å². The summed E-state index contributed by atoms with van der Waals surface area (Å²) in [5.41, 5.74) is 5.37. The summed E-state index contributed by atoms with van der Waals surface area (Å²) in [4.78, 5) is 14.7. The van der Waals surface area contributed by atoms with E-state index in [1.165, 1.54) is 47.5 Å². The van der Waals surface area contributed by atoms with Gasteiger partial charge in [-0.3, -0.25) is 0 Å². The first-order valence-corrected chi connectivity index (χ1v) is 15.8. The van der Waals surface area contributed by atoms with Gasteiger partial charge in [-0.2, -0.15) is 0 Å². The summed E-state index contributed by atoms with van der Waals surface area (Å²) in [6.45, 7) is 0. The standard InChI is InChI=1S/C41H25N3S/c1-3-11-27(12-4-1)39-42-40(28-13-5-2-6-14-28)44-41(43-39)32-21-19-29-24-31(20-18-30(29)25-32)34-16-9-17-35-38(34)37-33-15-8-7-10-26(33)22-23-36(37)45-35/h1-25H. The summed E-state index contributed by atoms with van der Waals surface area (Å²) < 4.78 is 2.64. The van der Waals surface area contributed by atoms with Crippen molar-refractivity contribution < 1.29 is 0 Å². The van der Waals surface area contributed by atoms with E-state index in [2.05, 4.69) is 91.0 Å². The molecule has 3 nitrogen and oxygen atoms in total. The van der Waals surface area contributed by atoms with Gasteiger partial charge in [0.15, 0.2) is 17.5 Å². The second kappa shape index (κ2) is 10.5. The van der Waals surface area contributed by atoms with Crippen LogP contribution in [0.15, 0.2) is 152 Å². The van der Waals surface area contributed by atoms with Gasteiger partial charge in [-0.25, -0.2) is 15.0 Å². The zero-order valence-electron chi connectivity index (χ0n) is 24.2. The Morgan fingerprint density at radius 2 is 0.911 bits per heavy atom. The van der Waals surface area contributed by atoms with Crippen LogP contribution in [0.4, 0.5) is 0 Å². The van der Waals surface area contributed by atoms with Crippen LogP contribution in [0.2, 0.25) is 0 Å². The van der Waals surface area contributed by atoms with Gasteiger partial charge in [0, 0.05) is 36.9 Å². The van der Waals surface area contributed by atoms with E-state index in [0.717, 1.165) is 22.1 Å². The van der Waals surface area contributed by atoms with E-state index in [0.29, 0.717) is 17.5 Å². The van der Waals surface area contributed by atoms with Gasteiger partial charge < -0.3 is 0 Å². The third-order valence-electron chi connectivity index (χ3n) is 8.50. The van der Waals surface area contributed by atoms with Crippen LogP contribution in [-0.4, -0.2) is 15.0 Å². The molecule has 0 saturated heterocycles. The fourth-order valence-electron chi connectivity index (χ4n) is 6.32. The number of fused-ring (bicyclic) bond motifs is 6. The molecule has 0 spiro atoms. The number of benzene rings is 7. The van der Waals surface area contributed by atoms with Crippen LogP contribution in [0.1, 0.15) is 0 Å². The fourth-order valence-corrected chi connectivity index (χ4v) is 7.47. The van der Waals surface area contributed by atoms with Crippen molar-refractivity contribution >= 4 is 53.1 Å². The molecule has 0 fully saturated rings. The number of thiophene rings is 1. The molecular weight excluding hydrogens is 567 g/mol. The van der Waals surface area contributed by atoms with Crippen LogP contribution in [0.25, 0.3) is 87.0 Å². The Bertz CT molecular complexity index is 2480. The average Bonchev–Trinajstić information content (AvgIpc) is 3.51. The van der Waals surface area contributed by atoms with E-state index in [9.17, 15) is 0 Å². The SMILES string of the molecule is c1ccc(-c2nc(-c3ccccc3)nc(-c3ccc4cc(-c5cccc6sc7ccc8ccccc8c7c56)ccc4c3)n2)cc1. The number of aromatic nitrogens is 3. The minimum Gasteiger partial charge on any atom is -0.208 e. The minimum atomic E-state index is 0.662. The predicted molar refractivity (Wildman–Crippen MR) is 189 cm³/mol. The van der Waals surface area contributed by atoms with E-state index >= 15 is 0 Å². The molecular formula is C41H25N3S. The quantitative estimate of drug-likeness (QED) is 0.204. The van der Waals surface area contributed by atoms with E-state index in [4.69, 9.17) is 15.0 Å². The Morgan fingerprint density at radius 1 is 0.356 bits per heavy atom. The molecule has 0 saturated carbocycles. The molecule has 0 N–H and O–H groups in total. The van der Waals surface area contributed by atoms with Gasteiger partial charge in [-0.05, 0) is 56.9 Å². The van der Waals surface area contributed by atoms with Gasteiger partial charge in [-0.1, -0.05) is 127 Å². The molecule has 45 heavy (non-hydrogen) atoms. The van der Waals surface area contributed by atoms with Crippen molar-refractivity contribution in [3.63, 3.8) is 0 Å². The lowest BCUT2D eigenvalue weighted by atomic mass is 9.95. The minimum absolute atomic E-state index is 0.662. The number of rotatable bonds is 4. The molecule has 2 aromatic heterocycles. The maximum atomic E-state index is 4.93. The third-order valence-corrected chi connectivity index (χ3v) is 9.62. The lowest BCUT2D eigenvalue weighted by Gasteiger charge is -2.10. The first kappa shape index (κ1) is 25.8. The summed E-state index contributed by atoms with van der Waals surface area (Å²) in [5.74, 6) is 1.99. The predicted octanol–water partition coefficient (Wildman–Crippen LogP) is 11.2. The Hall–Kier alpha value is -5.71. The van der Waals surface area contributed by atoms with E-state index in [-0.39, 0.29) is 0 Å². The van der Waals surface area contributed by atoms with Gasteiger partial charge in [0.2, 0.25) is 0 Å². The number of hydrogen-bond donors (Lipinski definition) is 0. The molecule has 0 unspecified atom stereocenters. The number of nitrogens with zero attached hydrogens (tertiary/aromatic N) is 3. The lowest BCUT2D eigenvalue weighted by molar-refractivity contribution is 1.07.